The van der Waals surface area contributed by atoms with Crippen molar-refractivity contribution in [1.82, 2.24) is 20.4 Å². The molecule has 6 nitrogen and oxygen atoms in total. The van der Waals surface area contributed by atoms with Crippen LogP contribution in [0.4, 0.5) is 0 Å². The normalized spacial score (nSPS) is 15.3. The van der Waals surface area contributed by atoms with Crippen LogP contribution in [0.1, 0.15) is 29.9 Å². The molecule has 2 heterocycles. The first kappa shape index (κ1) is 20.6. The van der Waals surface area contributed by atoms with Crippen molar-refractivity contribution in [2.45, 2.75) is 32.9 Å². The smallest absolute Gasteiger partial charge is 0.241 e. The van der Waals surface area contributed by atoms with Crippen LogP contribution in [0.5, 0.6) is 0 Å². The van der Waals surface area contributed by atoms with Crippen LogP contribution in [0.2, 0.25) is 5.02 Å². The molecule has 0 atom stereocenters. The van der Waals surface area contributed by atoms with E-state index in [2.05, 4.69) is 20.4 Å². The van der Waals surface area contributed by atoms with E-state index in [-0.39, 0.29) is 11.8 Å². The first-order chi connectivity index (χ1) is 14.6. The van der Waals surface area contributed by atoms with Gasteiger partial charge in [-0.3, -0.25) is 9.69 Å². The van der Waals surface area contributed by atoms with Gasteiger partial charge in [-0.15, -0.1) is 0 Å². The summed E-state index contributed by atoms with van der Waals surface area (Å²) < 4.78 is 5.46. The topological polar surface area (TPSA) is 71.3 Å². The molecular formula is C23H25ClN4O2. The Kier molecular flexibility index (Phi) is 6.45. The Bertz CT molecular complexity index is 1010. The molecule has 1 amide bonds. The minimum atomic E-state index is 0.0222. The van der Waals surface area contributed by atoms with Crippen LogP contribution >= 0.6 is 11.6 Å². The molecule has 2 aromatic carbocycles. The first-order valence-corrected chi connectivity index (χ1v) is 10.6. The molecule has 4 rings (SSSR count). The maximum Gasteiger partial charge on any atom is 0.241 e. The van der Waals surface area contributed by atoms with E-state index < -0.39 is 0 Å². The lowest BCUT2D eigenvalue weighted by atomic mass is 9.96. The zero-order valence-corrected chi connectivity index (χ0v) is 17.7. The van der Waals surface area contributed by atoms with Crippen molar-refractivity contribution in [3.8, 4) is 11.4 Å². The van der Waals surface area contributed by atoms with Crippen LogP contribution < -0.4 is 5.32 Å². The van der Waals surface area contributed by atoms with Crippen molar-refractivity contribution in [1.29, 1.82) is 0 Å². The van der Waals surface area contributed by atoms with E-state index >= 15 is 0 Å². The molecule has 3 aromatic rings. The van der Waals surface area contributed by atoms with Gasteiger partial charge in [-0.05, 0) is 50.0 Å². The lowest BCUT2D eigenvalue weighted by molar-refractivity contribution is -0.126. The number of hydrogen-bond acceptors (Lipinski definition) is 5. The molecule has 0 bridgehead atoms. The number of benzene rings is 2. The summed E-state index contributed by atoms with van der Waals surface area (Å²) in [5.41, 5.74) is 3.04. The van der Waals surface area contributed by atoms with Crippen LogP contribution in [0, 0.1) is 12.8 Å². The number of piperidine rings is 1. The summed E-state index contributed by atoms with van der Waals surface area (Å²) in [5, 5.41) is 7.82. The summed E-state index contributed by atoms with van der Waals surface area (Å²) in [6, 6.07) is 15.6. The van der Waals surface area contributed by atoms with Gasteiger partial charge in [0.1, 0.15) is 0 Å². The lowest BCUT2D eigenvalue weighted by Crippen LogP contribution is -2.40. The molecule has 156 valence electrons. The predicted molar refractivity (Wildman–Crippen MR) is 116 cm³/mol. The highest BCUT2D eigenvalue weighted by Crippen LogP contribution is 2.22. The van der Waals surface area contributed by atoms with Crippen molar-refractivity contribution in [3.63, 3.8) is 0 Å². The van der Waals surface area contributed by atoms with E-state index in [1.54, 1.807) is 0 Å². The van der Waals surface area contributed by atoms with E-state index in [1.165, 1.54) is 0 Å². The van der Waals surface area contributed by atoms with Crippen molar-refractivity contribution >= 4 is 17.5 Å². The van der Waals surface area contributed by atoms with Crippen molar-refractivity contribution < 1.29 is 9.32 Å². The average molecular weight is 425 g/mol. The van der Waals surface area contributed by atoms with Gasteiger partial charge in [-0.1, -0.05) is 59.2 Å². The molecule has 0 aliphatic carbocycles. The number of aromatic nitrogens is 2. The maximum atomic E-state index is 12.5. The molecule has 1 fully saturated rings. The van der Waals surface area contributed by atoms with Crippen molar-refractivity contribution in [2.24, 2.45) is 5.92 Å². The largest absolute Gasteiger partial charge is 0.352 e. The predicted octanol–water partition coefficient (Wildman–Crippen LogP) is 4.23. The van der Waals surface area contributed by atoms with Crippen LogP contribution in [-0.2, 0) is 17.9 Å². The minimum Gasteiger partial charge on any atom is -0.352 e. The van der Waals surface area contributed by atoms with Crippen molar-refractivity contribution in [2.75, 3.05) is 13.1 Å². The number of rotatable bonds is 6. The Labute approximate surface area is 181 Å². The Hall–Kier alpha value is -2.70. The van der Waals surface area contributed by atoms with E-state index in [4.69, 9.17) is 16.1 Å². The fourth-order valence-corrected chi connectivity index (χ4v) is 3.97. The van der Waals surface area contributed by atoms with E-state index in [9.17, 15) is 4.79 Å². The number of nitrogens with zero attached hydrogens (tertiary/aromatic N) is 3. The maximum absolute atomic E-state index is 12.5. The Morgan fingerprint density at radius 3 is 2.67 bits per heavy atom. The highest BCUT2D eigenvalue weighted by atomic mass is 35.5. The zero-order valence-electron chi connectivity index (χ0n) is 17.0. The minimum absolute atomic E-state index is 0.0222. The van der Waals surface area contributed by atoms with Crippen LogP contribution in [-0.4, -0.2) is 34.0 Å². The molecular weight excluding hydrogens is 400 g/mol. The third-order valence-corrected chi connectivity index (χ3v) is 5.95. The van der Waals surface area contributed by atoms with Gasteiger partial charge >= 0.3 is 0 Å². The third-order valence-electron chi connectivity index (χ3n) is 5.58. The summed E-state index contributed by atoms with van der Waals surface area (Å²) in [7, 11) is 0. The molecule has 0 radical (unpaired) electrons. The molecule has 0 unspecified atom stereocenters. The number of aryl methyl sites for hydroxylation is 1. The summed E-state index contributed by atoms with van der Waals surface area (Å²) in [4.78, 5) is 19.3. The van der Waals surface area contributed by atoms with E-state index in [0.29, 0.717) is 29.8 Å². The SMILES string of the molecule is Cc1ccccc1-c1noc(CN2CCC(C(=O)NCc3ccccc3Cl)CC2)n1. The molecule has 30 heavy (non-hydrogen) atoms. The Balaban J connectivity index is 1.26. The second kappa shape index (κ2) is 9.41. The number of likely N-dealkylation sites (tertiary alicyclic amines) is 1. The second-order valence-corrected chi connectivity index (χ2v) is 8.09. The molecule has 1 aromatic heterocycles. The number of nitrogens with one attached hydrogen (secondary N) is 1. The van der Waals surface area contributed by atoms with E-state index in [0.717, 1.165) is 42.6 Å². The summed E-state index contributed by atoms with van der Waals surface area (Å²) in [6.07, 6.45) is 1.63. The molecule has 1 N–H and O–H groups in total. The molecule has 0 spiro atoms. The number of hydrogen-bond donors (Lipinski definition) is 1. The first-order valence-electron chi connectivity index (χ1n) is 10.2. The van der Waals surface area contributed by atoms with Crippen LogP contribution in [0.15, 0.2) is 53.1 Å². The lowest BCUT2D eigenvalue weighted by Gasteiger charge is -2.30. The molecule has 1 saturated heterocycles. The summed E-state index contributed by atoms with van der Waals surface area (Å²) in [6.45, 7) is 4.75. The number of halogens is 1. The summed E-state index contributed by atoms with van der Waals surface area (Å²) in [5.74, 6) is 1.34. The molecule has 0 saturated carbocycles. The monoisotopic (exact) mass is 424 g/mol. The quantitative estimate of drug-likeness (QED) is 0.641. The van der Waals surface area contributed by atoms with Gasteiger partial charge in [0, 0.05) is 23.0 Å². The summed E-state index contributed by atoms with van der Waals surface area (Å²) >= 11 is 6.16. The Morgan fingerprint density at radius 2 is 1.90 bits per heavy atom. The second-order valence-electron chi connectivity index (χ2n) is 7.69. The van der Waals surface area contributed by atoms with Gasteiger partial charge in [-0.25, -0.2) is 0 Å². The fourth-order valence-electron chi connectivity index (χ4n) is 3.77. The number of carbonyl (C=O) groups excluding carboxylic acids is 1. The van der Waals surface area contributed by atoms with Gasteiger partial charge in [0.2, 0.25) is 17.6 Å². The molecule has 1 aliphatic rings. The third kappa shape index (κ3) is 4.89. The highest BCUT2D eigenvalue weighted by Gasteiger charge is 2.26. The Morgan fingerprint density at radius 1 is 1.17 bits per heavy atom. The van der Waals surface area contributed by atoms with Gasteiger partial charge < -0.3 is 9.84 Å². The fraction of sp³-hybridized carbons (Fsp3) is 0.348. The van der Waals surface area contributed by atoms with Crippen LogP contribution in [0.25, 0.3) is 11.4 Å². The standard InChI is InChI=1S/C23H25ClN4O2/c1-16-6-2-4-8-19(16)22-26-21(30-27-22)15-28-12-10-17(11-13-28)23(29)25-14-18-7-3-5-9-20(18)24/h2-9,17H,10-15H2,1H3,(H,25,29). The number of amides is 1. The van der Waals surface area contributed by atoms with Crippen LogP contribution in [0.3, 0.4) is 0 Å². The highest BCUT2D eigenvalue weighted by molar-refractivity contribution is 6.31. The molecule has 1 aliphatic heterocycles. The van der Waals surface area contributed by atoms with Gasteiger partial charge in [0.15, 0.2) is 0 Å². The van der Waals surface area contributed by atoms with Gasteiger partial charge in [0.25, 0.3) is 0 Å². The number of carbonyl (C=O) groups is 1. The van der Waals surface area contributed by atoms with Crippen molar-refractivity contribution in [3.05, 3.63) is 70.6 Å². The molecule has 7 heteroatoms. The zero-order chi connectivity index (χ0) is 20.9. The van der Waals surface area contributed by atoms with Gasteiger partial charge in [0.05, 0.1) is 6.54 Å². The van der Waals surface area contributed by atoms with E-state index in [1.807, 2.05) is 55.5 Å². The average Bonchev–Trinajstić information content (AvgIpc) is 3.22. The van der Waals surface area contributed by atoms with Gasteiger partial charge in [-0.2, -0.15) is 4.98 Å².